The third-order valence-corrected chi connectivity index (χ3v) is 3.59. The maximum Gasteiger partial charge on any atom is 0.303 e. The van der Waals surface area contributed by atoms with Crippen LogP contribution in [0.5, 0.6) is 0 Å². The van der Waals surface area contributed by atoms with Gasteiger partial charge in [-0.25, -0.2) is 0 Å². The standard InChI is InChI=1S/C14H22N2O6/c17-11(5-7-13(19)20)15-9-3-1-2-4-10(9)16-12(18)6-8-14(21)22/h9-10H,1-8H2,(H,15,17)(H,16,18)(H,19,20)(H,21,22). The molecule has 0 aliphatic heterocycles. The second kappa shape index (κ2) is 9.01. The highest BCUT2D eigenvalue weighted by atomic mass is 16.4. The summed E-state index contributed by atoms with van der Waals surface area (Å²) in [6, 6.07) is -0.465. The summed E-state index contributed by atoms with van der Waals surface area (Å²) in [6.07, 6.45) is 2.63. The molecule has 8 heteroatoms. The topological polar surface area (TPSA) is 133 Å². The van der Waals surface area contributed by atoms with Crippen molar-refractivity contribution in [1.29, 1.82) is 0 Å². The lowest BCUT2D eigenvalue weighted by atomic mass is 9.90. The number of hydrogen-bond acceptors (Lipinski definition) is 4. The fourth-order valence-electron chi connectivity index (χ4n) is 2.48. The first-order chi connectivity index (χ1) is 10.4. The maximum absolute atomic E-state index is 11.7. The molecule has 1 fully saturated rings. The van der Waals surface area contributed by atoms with Crippen molar-refractivity contribution in [2.45, 2.75) is 63.5 Å². The van der Waals surface area contributed by atoms with Gasteiger partial charge < -0.3 is 20.8 Å². The Kier molecular flexibility index (Phi) is 7.34. The summed E-state index contributed by atoms with van der Waals surface area (Å²) in [4.78, 5) is 44.3. The van der Waals surface area contributed by atoms with Gasteiger partial charge in [0.25, 0.3) is 0 Å². The van der Waals surface area contributed by atoms with Crippen LogP contribution >= 0.6 is 0 Å². The van der Waals surface area contributed by atoms with E-state index in [0.717, 1.165) is 12.8 Å². The van der Waals surface area contributed by atoms with Crippen molar-refractivity contribution in [3.63, 3.8) is 0 Å². The van der Waals surface area contributed by atoms with E-state index in [4.69, 9.17) is 10.2 Å². The second-order valence-electron chi connectivity index (χ2n) is 5.42. The minimum atomic E-state index is -1.03. The Labute approximate surface area is 128 Å². The van der Waals surface area contributed by atoms with Gasteiger partial charge in [0.1, 0.15) is 0 Å². The van der Waals surface area contributed by atoms with Gasteiger partial charge in [0.15, 0.2) is 0 Å². The normalized spacial score (nSPS) is 20.9. The molecule has 0 aromatic carbocycles. The van der Waals surface area contributed by atoms with Crippen LogP contribution in [0.4, 0.5) is 0 Å². The fraction of sp³-hybridized carbons (Fsp3) is 0.714. The highest BCUT2D eigenvalue weighted by Gasteiger charge is 2.27. The molecule has 1 aliphatic carbocycles. The van der Waals surface area contributed by atoms with Gasteiger partial charge in [0, 0.05) is 24.9 Å². The average Bonchev–Trinajstić information content (AvgIpc) is 2.45. The zero-order chi connectivity index (χ0) is 16.5. The Morgan fingerprint density at radius 2 is 1.09 bits per heavy atom. The van der Waals surface area contributed by atoms with E-state index in [9.17, 15) is 19.2 Å². The SMILES string of the molecule is O=C(O)CCC(=O)NC1CCCCC1NC(=O)CCC(=O)O. The lowest BCUT2D eigenvalue weighted by Gasteiger charge is -2.32. The van der Waals surface area contributed by atoms with Crippen LogP contribution in [-0.2, 0) is 19.2 Å². The molecule has 8 nitrogen and oxygen atoms in total. The Hall–Kier alpha value is -2.12. The van der Waals surface area contributed by atoms with Crippen molar-refractivity contribution >= 4 is 23.8 Å². The van der Waals surface area contributed by atoms with Gasteiger partial charge in [-0.1, -0.05) is 12.8 Å². The van der Waals surface area contributed by atoms with Gasteiger partial charge in [0.05, 0.1) is 12.8 Å². The van der Waals surface area contributed by atoms with E-state index in [-0.39, 0.29) is 49.6 Å². The van der Waals surface area contributed by atoms with Crippen LogP contribution in [0.1, 0.15) is 51.4 Å². The van der Waals surface area contributed by atoms with Crippen LogP contribution in [0.3, 0.4) is 0 Å². The molecule has 1 saturated carbocycles. The van der Waals surface area contributed by atoms with Gasteiger partial charge in [-0.05, 0) is 12.8 Å². The number of carbonyl (C=O) groups is 4. The summed E-state index contributed by atoms with van der Waals surface area (Å²) >= 11 is 0. The summed E-state index contributed by atoms with van der Waals surface area (Å²) < 4.78 is 0. The van der Waals surface area contributed by atoms with Crippen LogP contribution < -0.4 is 10.6 Å². The van der Waals surface area contributed by atoms with Gasteiger partial charge in [0.2, 0.25) is 11.8 Å². The largest absolute Gasteiger partial charge is 0.481 e. The molecule has 4 N–H and O–H groups in total. The smallest absolute Gasteiger partial charge is 0.303 e. The second-order valence-corrected chi connectivity index (χ2v) is 5.42. The van der Waals surface area contributed by atoms with Crippen molar-refractivity contribution in [1.82, 2.24) is 10.6 Å². The molecule has 0 saturated heterocycles. The zero-order valence-electron chi connectivity index (χ0n) is 12.3. The number of rotatable bonds is 8. The third-order valence-electron chi connectivity index (χ3n) is 3.59. The number of aliphatic carboxylic acids is 2. The Bertz CT molecular complexity index is 397. The predicted molar refractivity (Wildman–Crippen MR) is 76.1 cm³/mol. The molecule has 1 aliphatic rings. The molecule has 0 radical (unpaired) electrons. The predicted octanol–water partition coefficient (Wildman–Crippen LogP) is 0.260. The summed E-state index contributed by atoms with van der Waals surface area (Å²) in [6.45, 7) is 0. The summed E-state index contributed by atoms with van der Waals surface area (Å²) in [5, 5.41) is 22.6. The van der Waals surface area contributed by atoms with Crippen LogP contribution in [0.15, 0.2) is 0 Å². The number of hydrogen-bond donors (Lipinski definition) is 4. The highest BCUT2D eigenvalue weighted by Crippen LogP contribution is 2.19. The highest BCUT2D eigenvalue weighted by molar-refractivity contribution is 5.82. The molecule has 0 aromatic heterocycles. The van der Waals surface area contributed by atoms with Crippen molar-refractivity contribution in [3.8, 4) is 0 Å². The fourth-order valence-corrected chi connectivity index (χ4v) is 2.48. The quantitative estimate of drug-likeness (QED) is 0.508. The molecule has 2 amide bonds. The minimum Gasteiger partial charge on any atom is -0.481 e. The summed E-state index contributed by atoms with van der Waals surface area (Å²) in [5.41, 5.74) is 0. The average molecular weight is 314 g/mol. The Morgan fingerprint density at radius 1 is 0.727 bits per heavy atom. The first-order valence-corrected chi connectivity index (χ1v) is 7.41. The molecule has 2 atom stereocenters. The minimum absolute atomic E-state index is 0.0918. The number of carboxylic acids is 2. The molecule has 0 heterocycles. The summed E-state index contributed by atoms with van der Waals surface area (Å²) in [7, 11) is 0. The van der Waals surface area contributed by atoms with Crippen LogP contribution in [-0.4, -0.2) is 46.0 Å². The van der Waals surface area contributed by atoms with E-state index in [1.165, 1.54) is 0 Å². The molecule has 22 heavy (non-hydrogen) atoms. The number of carbonyl (C=O) groups excluding carboxylic acids is 2. The lowest BCUT2D eigenvalue weighted by molar-refractivity contribution is -0.139. The van der Waals surface area contributed by atoms with E-state index in [0.29, 0.717) is 12.8 Å². The van der Waals surface area contributed by atoms with Crippen molar-refractivity contribution < 1.29 is 29.4 Å². The lowest BCUT2D eigenvalue weighted by Crippen LogP contribution is -2.53. The van der Waals surface area contributed by atoms with Crippen LogP contribution in [0.2, 0.25) is 0 Å². The molecule has 124 valence electrons. The molecular weight excluding hydrogens is 292 g/mol. The van der Waals surface area contributed by atoms with Crippen LogP contribution in [0, 0.1) is 0 Å². The maximum atomic E-state index is 11.7. The molecule has 0 bridgehead atoms. The van der Waals surface area contributed by atoms with Crippen LogP contribution in [0.25, 0.3) is 0 Å². The van der Waals surface area contributed by atoms with Gasteiger partial charge in [-0.15, -0.1) is 0 Å². The van der Waals surface area contributed by atoms with E-state index in [2.05, 4.69) is 10.6 Å². The Morgan fingerprint density at radius 3 is 1.41 bits per heavy atom. The molecule has 0 spiro atoms. The molecule has 0 aromatic rings. The van der Waals surface area contributed by atoms with E-state index in [1.807, 2.05) is 0 Å². The first kappa shape index (κ1) is 17.9. The monoisotopic (exact) mass is 314 g/mol. The Balaban J connectivity index is 2.45. The summed E-state index contributed by atoms with van der Waals surface area (Å²) in [5.74, 6) is -2.76. The first-order valence-electron chi connectivity index (χ1n) is 7.41. The number of nitrogens with one attached hydrogen (secondary N) is 2. The van der Waals surface area contributed by atoms with E-state index >= 15 is 0 Å². The number of amides is 2. The van der Waals surface area contributed by atoms with E-state index in [1.54, 1.807) is 0 Å². The van der Waals surface area contributed by atoms with E-state index < -0.39 is 11.9 Å². The van der Waals surface area contributed by atoms with Crippen molar-refractivity contribution in [2.24, 2.45) is 0 Å². The molecule has 2 unspecified atom stereocenters. The zero-order valence-corrected chi connectivity index (χ0v) is 12.3. The number of carboxylic acid groups (broad SMARTS) is 2. The van der Waals surface area contributed by atoms with Gasteiger partial charge >= 0.3 is 11.9 Å². The van der Waals surface area contributed by atoms with Gasteiger partial charge in [-0.2, -0.15) is 0 Å². The van der Waals surface area contributed by atoms with Crippen molar-refractivity contribution in [3.05, 3.63) is 0 Å². The van der Waals surface area contributed by atoms with Crippen molar-refractivity contribution in [2.75, 3.05) is 0 Å². The van der Waals surface area contributed by atoms with Gasteiger partial charge in [-0.3, -0.25) is 19.2 Å². The molecular formula is C14H22N2O6. The third kappa shape index (κ3) is 7.05. The molecule has 1 rings (SSSR count).